The summed E-state index contributed by atoms with van der Waals surface area (Å²) in [4.78, 5) is 34.3. The van der Waals surface area contributed by atoms with E-state index in [1.165, 1.54) is 38.5 Å². The molecule has 1 atom stereocenters. The molecule has 0 spiro atoms. The van der Waals surface area contributed by atoms with Gasteiger partial charge in [0.05, 0.1) is 13.0 Å². The Labute approximate surface area is 173 Å². The van der Waals surface area contributed by atoms with Gasteiger partial charge in [-0.3, -0.25) is 14.4 Å². The van der Waals surface area contributed by atoms with Gasteiger partial charge in [-0.1, -0.05) is 58.3 Å². The van der Waals surface area contributed by atoms with Gasteiger partial charge in [0, 0.05) is 6.42 Å². The summed E-state index contributed by atoms with van der Waals surface area (Å²) in [5, 5.41) is 0. The van der Waals surface area contributed by atoms with Gasteiger partial charge in [0.1, 0.15) is 6.04 Å². The van der Waals surface area contributed by atoms with E-state index in [0.29, 0.717) is 6.42 Å². The number of unbranched alkanes of at least 4 members (excludes halogenated alkanes) is 8. The number of carbonyl (C=O) groups excluding carboxylic acids is 3. The van der Waals surface area contributed by atoms with E-state index in [1.807, 2.05) is 0 Å². The van der Waals surface area contributed by atoms with E-state index in [1.54, 1.807) is 6.92 Å². The molecule has 0 rings (SSSR count). The predicted octanol–water partition coefficient (Wildman–Crippen LogP) is 2.61. The van der Waals surface area contributed by atoms with Gasteiger partial charge < -0.3 is 15.2 Å². The molecule has 2 N–H and O–H groups in total. The van der Waals surface area contributed by atoms with Crippen molar-refractivity contribution in [2.45, 2.75) is 90.5 Å². The fraction of sp³-hybridized carbons (Fsp3) is 0.833. The molecule has 0 aliphatic carbocycles. The monoisotopic (exact) mass is 367 g/mol. The van der Waals surface area contributed by atoms with Gasteiger partial charge in [-0.2, -0.15) is 0 Å². The number of nitrogens with two attached hydrogens (primary N) is 1. The summed E-state index contributed by atoms with van der Waals surface area (Å²) in [6.45, 7) is 4.05. The molecule has 0 saturated carbocycles. The van der Waals surface area contributed by atoms with E-state index in [2.05, 4.69) is 16.4 Å². The second kappa shape index (κ2) is 18.4. The quantitative estimate of drug-likeness (QED) is 0.219. The molecule has 0 aliphatic heterocycles. The van der Waals surface area contributed by atoms with Crippen molar-refractivity contribution in [3.63, 3.8) is 0 Å². The van der Waals surface area contributed by atoms with Crippen molar-refractivity contribution in [1.29, 1.82) is 0 Å². The van der Waals surface area contributed by atoms with Gasteiger partial charge in [0.2, 0.25) is 0 Å². The molecule has 0 amide bonds. The van der Waals surface area contributed by atoms with Crippen LogP contribution in [0.3, 0.4) is 0 Å². The van der Waals surface area contributed by atoms with Crippen LogP contribution in [0, 0.1) is 0 Å². The van der Waals surface area contributed by atoms with Crippen LogP contribution in [0.25, 0.3) is 0 Å². The van der Waals surface area contributed by atoms with E-state index >= 15 is 0 Å². The molecule has 0 saturated heterocycles. The van der Waals surface area contributed by atoms with Gasteiger partial charge in [-0.25, -0.2) is 0 Å². The number of rotatable bonds is 14. The first-order valence-corrected chi connectivity index (χ1v) is 9.16. The Kier molecular flexibility index (Phi) is 19.7. The maximum atomic E-state index is 11.5. The zero-order chi connectivity index (χ0) is 18.2. The Bertz CT molecular complexity index is 376. The third-order valence-electron chi connectivity index (χ3n) is 3.69. The standard InChI is InChI=1S/C18H33NO5.Na.H/c1-3-5-6-7-8-9-10-11-12-13-16(20)24-17(21)14-15(19)18(22)23-4-2;;/h15H,3-14,19H2,1-2H3;;. The van der Waals surface area contributed by atoms with Crippen LogP contribution in [0.15, 0.2) is 0 Å². The maximum absolute atomic E-state index is 11.5. The molecular formula is C18H34NNaO5. The molecule has 0 aliphatic rings. The molecule has 0 radical (unpaired) electrons. The van der Waals surface area contributed by atoms with Crippen molar-refractivity contribution in [3.05, 3.63) is 0 Å². The van der Waals surface area contributed by atoms with Crippen molar-refractivity contribution in [2.24, 2.45) is 5.73 Å². The summed E-state index contributed by atoms with van der Waals surface area (Å²) in [6, 6.07) is -1.09. The fourth-order valence-corrected chi connectivity index (χ4v) is 2.31. The van der Waals surface area contributed by atoms with Gasteiger partial charge in [0.15, 0.2) is 0 Å². The number of esters is 3. The minimum atomic E-state index is -1.09. The van der Waals surface area contributed by atoms with Crippen LogP contribution in [-0.4, -0.2) is 60.1 Å². The Morgan fingerprint density at radius 2 is 1.36 bits per heavy atom. The number of ether oxygens (including phenoxy) is 2. The zero-order valence-corrected chi connectivity index (χ0v) is 15.2. The molecule has 1 unspecified atom stereocenters. The summed E-state index contributed by atoms with van der Waals surface area (Å²) in [5.74, 6) is -2.00. The van der Waals surface area contributed by atoms with Gasteiger partial charge in [-0.15, -0.1) is 0 Å². The van der Waals surface area contributed by atoms with Crippen LogP contribution in [-0.2, 0) is 23.9 Å². The molecule has 142 valence electrons. The Morgan fingerprint density at radius 1 is 0.840 bits per heavy atom. The molecule has 6 nitrogen and oxygen atoms in total. The van der Waals surface area contributed by atoms with E-state index < -0.39 is 23.9 Å². The Morgan fingerprint density at radius 3 is 1.88 bits per heavy atom. The molecule has 0 fully saturated rings. The van der Waals surface area contributed by atoms with Gasteiger partial charge in [-0.05, 0) is 13.3 Å². The Balaban J connectivity index is 0. The average molecular weight is 367 g/mol. The molecule has 7 heteroatoms. The summed E-state index contributed by atoms with van der Waals surface area (Å²) in [5.41, 5.74) is 5.49. The van der Waals surface area contributed by atoms with Crippen molar-refractivity contribution in [3.8, 4) is 0 Å². The van der Waals surface area contributed by atoms with Crippen LogP contribution >= 0.6 is 0 Å². The third kappa shape index (κ3) is 16.8. The van der Waals surface area contributed by atoms with Crippen molar-refractivity contribution >= 4 is 47.5 Å². The van der Waals surface area contributed by atoms with Crippen molar-refractivity contribution in [2.75, 3.05) is 6.61 Å². The first-order valence-electron chi connectivity index (χ1n) is 9.16. The van der Waals surface area contributed by atoms with E-state index in [9.17, 15) is 14.4 Å². The summed E-state index contributed by atoms with van der Waals surface area (Å²) in [6.07, 6.45) is 10.2. The zero-order valence-electron chi connectivity index (χ0n) is 15.2. The van der Waals surface area contributed by atoms with Crippen LogP contribution in [0.2, 0.25) is 0 Å². The molecule has 0 heterocycles. The molecular weight excluding hydrogens is 333 g/mol. The summed E-state index contributed by atoms with van der Waals surface area (Å²) >= 11 is 0. The SMILES string of the molecule is CCCCCCCCCCCC(=O)OC(=O)CC(N)C(=O)OCC.[NaH]. The molecule has 25 heavy (non-hydrogen) atoms. The number of hydrogen-bond donors (Lipinski definition) is 1. The molecule has 0 aromatic rings. The molecule has 0 aromatic carbocycles. The van der Waals surface area contributed by atoms with Crippen LogP contribution in [0.4, 0.5) is 0 Å². The van der Waals surface area contributed by atoms with E-state index in [-0.39, 0.29) is 49.0 Å². The number of carbonyl (C=O) groups is 3. The molecule has 0 aromatic heterocycles. The second-order valence-electron chi connectivity index (χ2n) is 5.99. The second-order valence-corrected chi connectivity index (χ2v) is 5.99. The average Bonchev–Trinajstić information content (AvgIpc) is 2.53. The topological polar surface area (TPSA) is 95.7 Å². The summed E-state index contributed by atoms with van der Waals surface area (Å²) in [7, 11) is 0. The summed E-state index contributed by atoms with van der Waals surface area (Å²) < 4.78 is 9.34. The first kappa shape index (κ1) is 26.8. The fourth-order valence-electron chi connectivity index (χ4n) is 2.31. The van der Waals surface area contributed by atoms with Crippen molar-refractivity contribution in [1.82, 2.24) is 0 Å². The normalized spacial score (nSPS) is 11.3. The first-order chi connectivity index (χ1) is 11.5. The van der Waals surface area contributed by atoms with E-state index in [0.717, 1.165) is 12.8 Å². The number of hydrogen-bond acceptors (Lipinski definition) is 6. The van der Waals surface area contributed by atoms with Crippen LogP contribution < -0.4 is 5.73 Å². The minimum absolute atomic E-state index is 0. The van der Waals surface area contributed by atoms with Gasteiger partial charge in [0.25, 0.3) is 0 Å². The van der Waals surface area contributed by atoms with Crippen LogP contribution in [0.5, 0.6) is 0 Å². The Hall–Kier alpha value is -0.430. The third-order valence-corrected chi connectivity index (χ3v) is 3.69. The van der Waals surface area contributed by atoms with Gasteiger partial charge >= 0.3 is 47.5 Å². The predicted molar refractivity (Wildman–Crippen MR) is 99.3 cm³/mol. The van der Waals surface area contributed by atoms with E-state index in [4.69, 9.17) is 5.73 Å². The molecule has 0 bridgehead atoms. The van der Waals surface area contributed by atoms with Crippen molar-refractivity contribution < 1.29 is 23.9 Å². The van der Waals surface area contributed by atoms with Crippen LogP contribution in [0.1, 0.15) is 84.5 Å².